The first kappa shape index (κ1) is 21.7. The lowest BCUT2D eigenvalue weighted by Gasteiger charge is -1.91. The second-order valence-electron chi connectivity index (χ2n) is 6.51. The van der Waals surface area contributed by atoms with Gasteiger partial charge in [0.2, 0.25) is 11.5 Å². The molecule has 5 rings (SSSR count). The number of halogens is 1. The Labute approximate surface area is 196 Å². The summed E-state index contributed by atoms with van der Waals surface area (Å²) in [5, 5.41) is 10.5. The molecular formula is C23H17BrN4O3S. The predicted octanol–water partition coefficient (Wildman–Crippen LogP) is 5.97. The third-order valence-electron chi connectivity index (χ3n) is 4.33. The van der Waals surface area contributed by atoms with Crippen LogP contribution >= 0.6 is 27.3 Å². The van der Waals surface area contributed by atoms with E-state index in [1.807, 2.05) is 72.1 Å². The summed E-state index contributed by atoms with van der Waals surface area (Å²) in [7, 11) is 0. The highest BCUT2D eigenvalue weighted by atomic mass is 79.9. The normalized spacial score (nSPS) is 10.4. The summed E-state index contributed by atoms with van der Waals surface area (Å²) in [4.78, 5) is 15.4. The molecule has 0 spiro atoms. The van der Waals surface area contributed by atoms with Crippen molar-refractivity contribution in [3.8, 4) is 34.0 Å². The van der Waals surface area contributed by atoms with Gasteiger partial charge in [-0.1, -0.05) is 86.9 Å². The van der Waals surface area contributed by atoms with Crippen molar-refractivity contribution in [2.24, 2.45) is 0 Å². The molecule has 3 heterocycles. The minimum Gasteiger partial charge on any atom is -0.375 e. The number of hydrogen-bond acceptors (Lipinski definition) is 8. The Kier molecular flexibility index (Phi) is 6.88. The van der Waals surface area contributed by atoms with Crippen LogP contribution in [0.1, 0.15) is 10.6 Å². The van der Waals surface area contributed by atoms with E-state index >= 15 is 0 Å². The SMILES string of the molecule is Nc1nc(-c2cc(-c3ccccc3)no2)cs1.O=C(CBr)c1cc(-c2ccccc2)no1. The van der Waals surface area contributed by atoms with E-state index in [4.69, 9.17) is 14.8 Å². The number of thiazole rings is 1. The number of anilines is 1. The number of rotatable bonds is 5. The molecule has 9 heteroatoms. The van der Waals surface area contributed by atoms with Crippen LogP contribution in [0.3, 0.4) is 0 Å². The number of nitrogens with two attached hydrogens (primary N) is 1. The third-order valence-corrected chi connectivity index (χ3v) is 5.51. The maximum absolute atomic E-state index is 11.3. The Morgan fingerprint density at radius 2 is 1.47 bits per heavy atom. The molecule has 0 atom stereocenters. The second-order valence-corrected chi connectivity index (χ2v) is 7.96. The van der Waals surface area contributed by atoms with Crippen molar-refractivity contribution in [3.05, 3.63) is 83.9 Å². The summed E-state index contributed by atoms with van der Waals surface area (Å²) in [6, 6.07) is 23.0. The lowest BCUT2D eigenvalue weighted by atomic mass is 10.1. The van der Waals surface area contributed by atoms with Crippen LogP contribution in [0.5, 0.6) is 0 Å². The molecule has 5 aromatic rings. The van der Waals surface area contributed by atoms with E-state index in [9.17, 15) is 4.79 Å². The van der Waals surface area contributed by atoms with Crippen LogP contribution in [0.15, 0.2) is 87.2 Å². The highest BCUT2D eigenvalue weighted by Gasteiger charge is 2.12. The van der Waals surface area contributed by atoms with Gasteiger partial charge in [-0.15, -0.1) is 11.3 Å². The average molecular weight is 509 g/mol. The Morgan fingerprint density at radius 1 is 0.875 bits per heavy atom. The molecule has 32 heavy (non-hydrogen) atoms. The summed E-state index contributed by atoms with van der Waals surface area (Å²) in [5.74, 6) is 0.812. The number of ketones is 1. The smallest absolute Gasteiger partial charge is 0.211 e. The minimum absolute atomic E-state index is 0.107. The van der Waals surface area contributed by atoms with Crippen molar-refractivity contribution >= 4 is 38.2 Å². The number of alkyl halides is 1. The minimum atomic E-state index is -0.107. The Morgan fingerprint density at radius 3 is 2.03 bits per heavy atom. The molecule has 3 aromatic heterocycles. The first-order chi connectivity index (χ1) is 15.6. The van der Waals surface area contributed by atoms with Gasteiger partial charge in [-0.05, 0) is 0 Å². The number of carbonyl (C=O) groups excluding carboxylic acids is 1. The van der Waals surface area contributed by atoms with Gasteiger partial charge in [0.25, 0.3) is 0 Å². The molecule has 0 unspecified atom stereocenters. The number of Topliss-reactive ketones (excluding diaryl/α,β-unsaturated/α-hetero) is 1. The monoisotopic (exact) mass is 508 g/mol. The molecule has 2 aromatic carbocycles. The topological polar surface area (TPSA) is 108 Å². The zero-order valence-electron chi connectivity index (χ0n) is 16.6. The van der Waals surface area contributed by atoms with Gasteiger partial charge in [-0.25, -0.2) is 4.98 Å². The van der Waals surface area contributed by atoms with Crippen molar-refractivity contribution in [1.29, 1.82) is 0 Å². The lowest BCUT2D eigenvalue weighted by Crippen LogP contribution is -1.96. The van der Waals surface area contributed by atoms with Crippen LogP contribution in [-0.2, 0) is 0 Å². The quantitative estimate of drug-likeness (QED) is 0.230. The maximum Gasteiger partial charge on any atom is 0.211 e. The Bertz CT molecular complexity index is 1300. The fourth-order valence-corrected chi connectivity index (χ4v) is 3.59. The van der Waals surface area contributed by atoms with Crippen molar-refractivity contribution in [2.45, 2.75) is 0 Å². The van der Waals surface area contributed by atoms with Crippen molar-refractivity contribution in [3.63, 3.8) is 0 Å². The number of carbonyl (C=O) groups is 1. The first-order valence-electron chi connectivity index (χ1n) is 9.49. The van der Waals surface area contributed by atoms with Crippen LogP contribution in [0, 0.1) is 0 Å². The number of benzene rings is 2. The van der Waals surface area contributed by atoms with Gasteiger partial charge in [0.1, 0.15) is 17.1 Å². The highest BCUT2D eigenvalue weighted by Crippen LogP contribution is 2.27. The van der Waals surface area contributed by atoms with Crippen LogP contribution in [0.25, 0.3) is 34.0 Å². The Hall–Kier alpha value is -3.56. The number of hydrogen-bond donors (Lipinski definition) is 1. The summed E-state index contributed by atoms with van der Waals surface area (Å²) in [6.07, 6.45) is 0. The standard InChI is InChI=1S/C12H9N3OS.C11H8BrNO2/c13-12-14-10(7-17-12)11-6-9(15-16-11)8-4-2-1-3-5-8;12-7-10(14)11-6-9(13-15-11)8-4-2-1-3-5-8/h1-7H,(H2,13,14);1-6H,7H2. The highest BCUT2D eigenvalue weighted by molar-refractivity contribution is 9.09. The second kappa shape index (κ2) is 10.2. The molecule has 0 saturated carbocycles. The number of aromatic nitrogens is 3. The van der Waals surface area contributed by atoms with E-state index in [-0.39, 0.29) is 16.9 Å². The van der Waals surface area contributed by atoms with E-state index in [2.05, 4.69) is 31.2 Å². The molecule has 0 radical (unpaired) electrons. The van der Waals surface area contributed by atoms with Gasteiger partial charge >= 0.3 is 0 Å². The van der Waals surface area contributed by atoms with E-state index in [1.165, 1.54) is 11.3 Å². The van der Waals surface area contributed by atoms with Crippen molar-refractivity contribution in [2.75, 3.05) is 11.1 Å². The van der Waals surface area contributed by atoms with Crippen LogP contribution < -0.4 is 5.73 Å². The fraction of sp³-hybridized carbons (Fsp3) is 0.0435. The Balaban J connectivity index is 0.000000155. The van der Waals surface area contributed by atoms with Gasteiger partial charge in [-0.2, -0.15) is 0 Å². The van der Waals surface area contributed by atoms with Gasteiger partial charge in [-0.3, -0.25) is 4.79 Å². The molecule has 0 bridgehead atoms. The maximum atomic E-state index is 11.3. The van der Waals surface area contributed by atoms with Gasteiger partial charge in [0.05, 0.1) is 5.33 Å². The van der Waals surface area contributed by atoms with Gasteiger partial charge in [0.15, 0.2) is 10.9 Å². The van der Waals surface area contributed by atoms with E-state index in [0.29, 0.717) is 16.6 Å². The molecule has 2 N–H and O–H groups in total. The molecular weight excluding hydrogens is 492 g/mol. The molecule has 0 saturated heterocycles. The summed E-state index contributed by atoms with van der Waals surface area (Å²) < 4.78 is 10.2. The van der Waals surface area contributed by atoms with Gasteiger partial charge in [0, 0.05) is 28.6 Å². The van der Waals surface area contributed by atoms with E-state index < -0.39 is 0 Å². The summed E-state index contributed by atoms with van der Waals surface area (Å²) in [6.45, 7) is 0. The lowest BCUT2D eigenvalue weighted by molar-refractivity contribution is 0.0985. The van der Waals surface area contributed by atoms with Crippen LogP contribution in [-0.4, -0.2) is 26.4 Å². The van der Waals surface area contributed by atoms with Crippen molar-refractivity contribution in [1.82, 2.24) is 15.3 Å². The largest absolute Gasteiger partial charge is 0.375 e. The number of nitrogens with zero attached hydrogens (tertiary/aromatic N) is 3. The molecule has 7 nitrogen and oxygen atoms in total. The summed E-state index contributed by atoms with van der Waals surface area (Å²) >= 11 is 4.46. The predicted molar refractivity (Wildman–Crippen MR) is 128 cm³/mol. The third kappa shape index (κ3) is 5.19. The zero-order valence-corrected chi connectivity index (χ0v) is 19.0. The molecule has 0 aliphatic heterocycles. The van der Waals surface area contributed by atoms with E-state index in [1.54, 1.807) is 6.07 Å². The van der Waals surface area contributed by atoms with Gasteiger partial charge < -0.3 is 14.8 Å². The molecule has 0 aliphatic carbocycles. The average Bonchev–Trinajstić information content (AvgIpc) is 3.61. The van der Waals surface area contributed by atoms with Crippen molar-refractivity contribution < 1.29 is 13.8 Å². The van der Waals surface area contributed by atoms with Crippen LogP contribution in [0.2, 0.25) is 0 Å². The molecule has 0 fully saturated rings. The summed E-state index contributed by atoms with van der Waals surface area (Å²) in [5.41, 5.74) is 9.74. The van der Waals surface area contributed by atoms with E-state index in [0.717, 1.165) is 22.5 Å². The molecule has 0 aliphatic rings. The number of nitrogen functional groups attached to an aromatic ring is 1. The van der Waals surface area contributed by atoms with Crippen LogP contribution in [0.4, 0.5) is 5.13 Å². The fourth-order valence-electron chi connectivity index (χ4n) is 2.76. The molecule has 0 amide bonds. The molecule has 160 valence electrons. The zero-order chi connectivity index (χ0) is 22.3. The first-order valence-corrected chi connectivity index (χ1v) is 11.5.